The summed E-state index contributed by atoms with van der Waals surface area (Å²) in [6.45, 7) is 0. The van der Waals surface area contributed by atoms with Crippen molar-refractivity contribution in [2.45, 2.75) is 4.90 Å². The molecule has 0 radical (unpaired) electrons. The second-order valence-corrected chi connectivity index (χ2v) is 5.92. The van der Waals surface area contributed by atoms with Gasteiger partial charge in [-0.25, -0.2) is 0 Å². The minimum atomic E-state index is -4.23. The van der Waals surface area contributed by atoms with Gasteiger partial charge in [0.15, 0.2) is 0 Å². The molecule has 3 aromatic carbocycles. The second kappa shape index (κ2) is 4.74. The Balaban J connectivity index is 2.26. The minimum absolute atomic E-state index is 0.0738. The van der Waals surface area contributed by atoms with Crippen LogP contribution in [0.1, 0.15) is 0 Å². The van der Waals surface area contributed by atoms with E-state index in [-0.39, 0.29) is 4.90 Å². The standard InChI is InChI=1S/C16H12O3S/c17-20(18,19)16-8-4-3-7-15(16)14-10-9-12-5-1-2-6-13(12)11-14/h1-11H,(H,17,18,19). The first kappa shape index (κ1) is 12.8. The lowest BCUT2D eigenvalue weighted by Gasteiger charge is -2.08. The van der Waals surface area contributed by atoms with Crippen LogP contribution in [0.2, 0.25) is 0 Å². The monoisotopic (exact) mass is 284 g/mol. The molecule has 0 bridgehead atoms. The minimum Gasteiger partial charge on any atom is -0.282 e. The summed E-state index contributed by atoms with van der Waals surface area (Å²) in [5, 5.41) is 2.11. The topological polar surface area (TPSA) is 54.4 Å². The summed E-state index contributed by atoms with van der Waals surface area (Å²) in [5.41, 5.74) is 1.26. The molecule has 0 saturated carbocycles. The third-order valence-electron chi connectivity index (χ3n) is 3.23. The summed E-state index contributed by atoms with van der Waals surface area (Å²) in [5.74, 6) is 0. The van der Waals surface area contributed by atoms with Crippen LogP contribution in [0.5, 0.6) is 0 Å². The Morgan fingerprint density at radius 2 is 1.40 bits per heavy atom. The van der Waals surface area contributed by atoms with Crippen LogP contribution in [0.4, 0.5) is 0 Å². The van der Waals surface area contributed by atoms with Crippen molar-refractivity contribution in [3.05, 3.63) is 66.7 Å². The SMILES string of the molecule is O=S(=O)(O)c1ccccc1-c1ccc2ccccc2c1. The Labute approximate surface area is 117 Å². The van der Waals surface area contributed by atoms with Crippen LogP contribution in [0.15, 0.2) is 71.6 Å². The summed E-state index contributed by atoms with van der Waals surface area (Å²) in [4.78, 5) is -0.0738. The molecule has 0 unspecified atom stereocenters. The molecule has 20 heavy (non-hydrogen) atoms. The largest absolute Gasteiger partial charge is 0.295 e. The third kappa shape index (κ3) is 2.31. The molecule has 0 amide bonds. The molecule has 4 heteroatoms. The second-order valence-electron chi connectivity index (χ2n) is 4.53. The van der Waals surface area contributed by atoms with E-state index in [1.54, 1.807) is 18.2 Å². The predicted octanol–water partition coefficient (Wildman–Crippen LogP) is 3.75. The zero-order valence-corrected chi connectivity index (χ0v) is 11.3. The fourth-order valence-corrected chi connectivity index (χ4v) is 3.00. The van der Waals surface area contributed by atoms with Crippen molar-refractivity contribution in [3.63, 3.8) is 0 Å². The Hall–Kier alpha value is -2.17. The number of rotatable bonds is 2. The Kier molecular flexibility index (Phi) is 3.04. The number of hydrogen-bond acceptors (Lipinski definition) is 2. The van der Waals surface area contributed by atoms with E-state index in [9.17, 15) is 13.0 Å². The lowest BCUT2D eigenvalue weighted by molar-refractivity contribution is 0.483. The predicted molar refractivity (Wildman–Crippen MR) is 79.2 cm³/mol. The fraction of sp³-hybridized carbons (Fsp3) is 0. The maximum atomic E-state index is 11.4. The van der Waals surface area contributed by atoms with Gasteiger partial charge in [-0.2, -0.15) is 8.42 Å². The van der Waals surface area contributed by atoms with Crippen molar-refractivity contribution < 1.29 is 13.0 Å². The van der Waals surface area contributed by atoms with E-state index in [4.69, 9.17) is 0 Å². The first-order valence-corrected chi connectivity index (χ1v) is 7.55. The molecule has 3 rings (SSSR count). The molecule has 0 spiro atoms. The Morgan fingerprint density at radius 3 is 2.15 bits per heavy atom. The first-order valence-electron chi connectivity index (χ1n) is 6.11. The summed E-state index contributed by atoms with van der Waals surface area (Å²) < 4.78 is 32.2. The van der Waals surface area contributed by atoms with Crippen molar-refractivity contribution in [3.8, 4) is 11.1 Å². The fourth-order valence-electron chi connectivity index (χ4n) is 2.29. The zero-order valence-electron chi connectivity index (χ0n) is 10.5. The average Bonchev–Trinajstić information content (AvgIpc) is 2.46. The molecule has 0 aliphatic carbocycles. The molecule has 0 atom stereocenters. The van der Waals surface area contributed by atoms with Crippen LogP contribution in [0.3, 0.4) is 0 Å². The van der Waals surface area contributed by atoms with Gasteiger partial charge < -0.3 is 0 Å². The smallest absolute Gasteiger partial charge is 0.282 e. The normalized spacial score (nSPS) is 11.7. The van der Waals surface area contributed by atoms with Crippen LogP contribution in [0.25, 0.3) is 21.9 Å². The summed E-state index contributed by atoms with van der Waals surface area (Å²) >= 11 is 0. The van der Waals surface area contributed by atoms with Crippen molar-refractivity contribution >= 4 is 20.9 Å². The van der Waals surface area contributed by atoms with E-state index in [0.717, 1.165) is 16.3 Å². The van der Waals surface area contributed by atoms with Crippen molar-refractivity contribution in [1.82, 2.24) is 0 Å². The Morgan fingerprint density at radius 1 is 0.750 bits per heavy atom. The maximum Gasteiger partial charge on any atom is 0.295 e. The lowest BCUT2D eigenvalue weighted by atomic mass is 10.0. The first-order chi connectivity index (χ1) is 9.55. The molecule has 0 aliphatic rings. The molecule has 1 N–H and O–H groups in total. The molecule has 0 aromatic heterocycles. The quantitative estimate of drug-likeness (QED) is 0.729. The van der Waals surface area contributed by atoms with E-state index in [2.05, 4.69) is 0 Å². The van der Waals surface area contributed by atoms with Crippen molar-refractivity contribution in [2.75, 3.05) is 0 Å². The molecule has 0 saturated heterocycles. The number of benzene rings is 3. The molecule has 3 aromatic rings. The molecule has 0 fully saturated rings. The molecule has 0 aliphatic heterocycles. The molecule has 0 heterocycles. The maximum absolute atomic E-state index is 11.4. The van der Waals surface area contributed by atoms with Crippen LogP contribution in [-0.4, -0.2) is 13.0 Å². The highest BCUT2D eigenvalue weighted by Gasteiger charge is 2.15. The highest BCUT2D eigenvalue weighted by Crippen LogP contribution is 2.29. The highest BCUT2D eigenvalue weighted by atomic mass is 32.2. The average molecular weight is 284 g/mol. The number of hydrogen-bond donors (Lipinski definition) is 1. The van der Waals surface area contributed by atoms with Gasteiger partial charge in [0.2, 0.25) is 0 Å². The van der Waals surface area contributed by atoms with Crippen molar-refractivity contribution in [1.29, 1.82) is 0 Å². The van der Waals surface area contributed by atoms with Gasteiger partial charge in [-0.3, -0.25) is 4.55 Å². The van der Waals surface area contributed by atoms with Gasteiger partial charge >= 0.3 is 0 Å². The van der Waals surface area contributed by atoms with Crippen LogP contribution in [-0.2, 0) is 10.1 Å². The van der Waals surface area contributed by atoms with Gasteiger partial charge in [0, 0.05) is 5.56 Å². The van der Waals surface area contributed by atoms with E-state index in [0.29, 0.717) is 5.56 Å². The third-order valence-corrected chi connectivity index (χ3v) is 4.14. The van der Waals surface area contributed by atoms with Gasteiger partial charge in [0.1, 0.15) is 4.90 Å². The van der Waals surface area contributed by atoms with Gasteiger partial charge in [-0.1, -0.05) is 54.6 Å². The Bertz CT molecular complexity index is 883. The molecular weight excluding hydrogens is 272 g/mol. The van der Waals surface area contributed by atoms with Crippen LogP contribution < -0.4 is 0 Å². The van der Waals surface area contributed by atoms with E-state index in [1.807, 2.05) is 42.5 Å². The van der Waals surface area contributed by atoms with Gasteiger partial charge in [-0.05, 0) is 28.5 Å². The summed E-state index contributed by atoms with van der Waals surface area (Å²) in [6, 6.07) is 20.0. The highest BCUT2D eigenvalue weighted by molar-refractivity contribution is 7.86. The van der Waals surface area contributed by atoms with E-state index < -0.39 is 10.1 Å². The molecular formula is C16H12O3S. The van der Waals surface area contributed by atoms with E-state index in [1.165, 1.54) is 6.07 Å². The van der Waals surface area contributed by atoms with Crippen molar-refractivity contribution in [2.24, 2.45) is 0 Å². The summed E-state index contributed by atoms with van der Waals surface area (Å²) in [6.07, 6.45) is 0. The lowest BCUT2D eigenvalue weighted by Crippen LogP contribution is -2.00. The van der Waals surface area contributed by atoms with Gasteiger partial charge in [-0.15, -0.1) is 0 Å². The molecule has 3 nitrogen and oxygen atoms in total. The molecule has 100 valence electrons. The number of fused-ring (bicyclic) bond motifs is 1. The summed E-state index contributed by atoms with van der Waals surface area (Å²) in [7, 11) is -4.23. The van der Waals surface area contributed by atoms with Gasteiger partial charge in [0.05, 0.1) is 0 Å². The van der Waals surface area contributed by atoms with Crippen LogP contribution >= 0.6 is 0 Å². The van der Waals surface area contributed by atoms with Gasteiger partial charge in [0.25, 0.3) is 10.1 Å². The van der Waals surface area contributed by atoms with Crippen LogP contribution in [0, 0.1) is 0 Å². The van der Waals surface area contributed by atoms with E-state index >= 15 is 0 Å². The zero-order chi connectivity index (χ0) is 14.2.